The molecule has 4 N–H and O–H groups in total. The summed E-state index contributed by atoms with van der Waals surface area (Å²) in [6.07, 6.45) is 2.45. The number of benzene rings is 1. The maximum Gasteiger partial charge on any atom is 0.267 e. The predicted molar refractivity (Wildman–Crippen MR) is 72.4 cm³/mol. The zero-order valence-corrected chi connectivity index (χ0v) is 10.4. The molecule has 0 spiro atoms. The van der Waals surface area contributed by atoms with Gasteiger partial charge in [0.1, 0.15) is 5.69 Å². The molecule has 1 aromatic heterocycles. The second-order valence-electron chi connectivity index (χ2n) is 5.13. The van der Waals surface area contributed by atoms with Gasteiger partial charge in [0.2, 0.25) is 0 Å². The zero-order chi connectivity index (χ0) is 12.7. The first kappa shape index (κ1) is 11.1. The molecule has 0 aliphatic heterocycles. The molecule has 0 radical (unpaired) electrons. The smallest absolute Gasteiger partial charge is 0.267 e. The van der Waals surface area contributed by atoms with E-state index in [1.54, 1.807) is 0 Å². The fraction of sp³-hybridized carbons (Fsp3) is 0.357. The summed E-state index contributed by atoms with van der Waals surface area (Å²) in [5, 5.41) is 4.00. The number of fused-ring (bicyclic) bond motifs is 1. The molecule has 1 saturated carbocycles. The molecule has 1 fully saturated rings. The van der Waals surface area contributed by atoms with Crippen LogP contribution >= 0.6 is 0 Å². The van der Waals surface area contributed by atoms with E-state index in [0.29, 0.717) is 17.3 Å². The molecule has 1 unspecified atom stereocenters. The van der Waals surface area contributed by atoms with Gasteiger partial charge in [-0.25, -0.2) is 0 Å². The summed E-state index contributed by atoms with van der Waals surface area (Å²) in [5.41, 5.74) is 7.97. The van der Waals surface area contributed by atoms with Crippen LogP contribution in [0, 0.1) is 5.92 Å². The molecule has 1 aliphatic rings. The minimum atomic E-state index is -0.0378. The van der Waals surface area contributed by atoms with E-state index < -0.39 is 0 Å². The molecule has 4 heteroatoms. The fourth-order valence-electron chi connectivity index (χ4n) is 2.27. The first-order valence-corrected chi connectivity index (χ1v) is 6.32. The van der Waals surface area contributed by atoms with Gasteiger partial charge in [-0.2, -0.15) is 0 Å². The maximum absolute atomic E-state index is 12.1. The highest BCUT2D eigenvalue weighted by Crippen LogP contribution is 2.32. The van der Waals surface area contributed by atoms with Gasteiger partial charge >= 0.3 is 0 Å². The lowest BCUT2D eigenvalue weighted by Gasteiger charge is -2.11. The number of rotatable bonds is 3. The van der Waals surface area contributed by atoms with E-state index in [1.165, 1.54) is 12.8 Å². The van der Waals surface area contributed by atoms with Crippen molar-refractivity contribution in [1.29, 1.82) is 0 Å². The summed E-state index contributed by atoms with van der Waals surface area (Å²) in [5.74, 6) is 0.623. The molecule has 1 amide bonds. The molecule has 4 nitrogen and oxygen atoms in total. The number of amides is 1. The summed E-state index contributed by atoms with van der Waals surface area (Å²) in [6.45, 7) is 2.07. The van der Waals surface area contributed by atoms with Crippen molar-refractivity contribution in [2.24, 2.45) is 5.92 Å². The Labute approximate surface area is 106 Å². The number of hydrogen-bond acceptors (Lipinski definition) is 2. The molecule has 3 rings (SSSR count). The third-order valence-electron chi connectivity index (χ3n) is 3.58. The summed E-state index contributed by atoms with van der Waals surface area (Å²) in [4.78, 5) is 15.2. The minimum absolute atomic E-state index is 0.0378. The van der Waals surface area contributed by atoms with Crippen LogP contribution in [0.3, 0.4) is 0 Å². The highest BCUT2D eigenvalue weighted by molar-refractivity contribution is 5.98. The van der Waals surface area contributed by atoms with Crippen LogP contribution in [0.15, 0.2) is 24.3 Å². The van der Waals surface area contributed by atoms with Crippen molar-refractivity contribution in [2.75, 3.05) is 5.73 Å². The van der Waals surface area contributed by atoms with E-state index in [2.05, 4.69) is 17.2 Å². The average molecular weight is 243 g/mol. The van der Waals surface area contributed by atoms with E-state index in [4.69, 9.17) is 5.73 Å². The van der Waals surface area contributed by atoms with Gasteiger partial charge in [-0.05, 0) is 49.9 Å². The SMILES string of the molecule is CC(NC(=O)c1cc2cc(N)ccc2[nH]1)C1CC1. The molecule has 1 aromatic carbocycles. The number of carbonyl (C=O) groups is 1. The third kappa shape index (κ3) is 2.06. The van der Waals surface area contributed by atoms with Gasteiger partial charge in [0.25, 0.3) is 5.91 Å². The molecule has 18 heavy (non-hydrogen) atoms. The topological polar surface area (TPSA) is 70.9 Å². The summed E-state index contributed by atoms with van der Waals surface area (Å²) in [6, 6.07) is 7.70. The monoisotopic (exact) mass is 243 g/mol. The first-order valence-electron chi connectivity index (χ1n) is 6.32. The molecular formula is C14H17N3O. The Bertz CT molecular complexity index is 598. The van der Waals surface area contributed by atoms with Crippen LogP contribution in [-0.4, -0.2) is 16.9 Å². The van der Waals surface area contributed by atoms with E-state index in [0.717, 1.165) is 10.9 Å². The van der Waals surface area contributed by atoms with Crippen molar-refractivity contribution in [3.05, 3.63) is 30.0 Å². The number of aromatic amines is 1. The molecule has 1 heterocycles. The lowest BCUT2D eigenvalue weighted by atomic mass is 10.2. The van der Waals surface area contributed by atoms with Gasteiger partial charge in [-0.15, -0.1) is 0 Å². The van der Waals surface area contributed by atoms with Crippen LogP contribution in [-0.2, 0) is 0 Å². The molecule has 1 aliphatic carbocycles. The first-order chi connectivity index (χ1) is 8.63. The number of hydrogen-bond donors (Lipinski definition) is 3. The Balaban J connectivity index is 1.82. The molecule has 0 saturated heterocycles. The van der Waals surface area contributed by atoms with Crippen molar-refractivity contribution in [3.63, 3.8) is 0 Å². The standard InChI is InChI=1S/C14H17N3O/c1-8(9-2-3-9)16-14(18)13-7-10-6-11(15)4-5-12(10)17-13/h4-9,17H,2-3,15H2,1H3,(H,16,18). The second-order valence-corrected chi connectivity index (χ2v) is 5.13. The van der Waals surface area contributed by atoms with E-state index in [-0.39, 0.29) is 11.9 Å². The van der Waals surface area contributed by atoms with Crippen molar-refractivity contribution >= 4 is 22.5 Å². The number of carbonyl (C=O) groups excluding carboxylic acids is 1. The van der Waals surface area contributed by atoms with Crippen LogP contribution < -0.4 is 11.1 Å². The van der Waals surface area contributed by atoms with E-state index >= 15 is 0 Å². The van der Waals surface area contributed by atoms with E-state index in [1.807, 2.05) is 24.3 Å². The largest absolute Gasteiger partial charge is 0.399 e. The lowest BCUT2D eigenvalue weighted by Crippen LogP contribution is -2.34. The van der Waals surface area contributed by atoms with Gasteiger partial charge in [-0.1, -0.05) is 0 Å². The maximum atomic E-state index is 12.1. The summed E-state index contributed by atoms with van der Waals surface area (Å²) < 4.78 is 0. The Morgan fingerprint density at radius 1 is 1.44 bits per heavy atom. The molecule has 94 valence electrons. The predicted octanol–water partition coefficient (Wildman–Crippen LogP) is 2.28. The Kier molecular flexibility index (Phi) is 2.51. The lowest BCUT2D eigenvalue weighted by molar-refractivity contribution is 0.0931. The van der Waals surface area contributed by atoms with Gasteiger partial charge in [0.05, 0.1) is 0 Å². The van der Waals surface area contributed by atoms with E-state index in [9.17, 15) is 4.79 Å². The van der Waals surface area contributed by atoms with Gasteiger partial charge in [-0.3, -0.25) is 4.79 Å². The molecule has 2 aromatic rings. The highest BCUT2D eigenvalue weighted by Gasteiger charge is 2.29. The number of nitrogen functional groups attached to an aromatic ring is 1. The number of nitrogens with two attached hydrogens (primary N) is 1. The van der Waals surface area contributed by atoms with Crippen molar-refractivity contribution < 1.29 is 4.79 Å². The quantitative estimate of drug-likeness (QED) is 0.724. The number of H-pyrrole nitrogens is 1. The zero-order valence-electron chi connectivity index (χ0n) is 10.4. The Morgan fingerprint density at radius 2 is 2.22 bits per heavy atom. The Morgan fingerprint density at radius 3 is 2.94 bits per heavy atom. The average Bonchev–Trinajstić information content (AvgIpc) is 3.09. The van der Waals surface area contributed by atoms with Crippen molar-refractivity contribution in [2.45, 2.75) is 25.8 Å². The normalized spacial score (nSPS) is 16.7. The number of nitrogens with one attached hydrogen (secondary N) is 2. The Hall–Kier alpha value is -1.97. The highest BCUT2D eigenvalue weighted by atomic mass is 16.1. The second kappa shape index (κ2) is 4.05. The van der Waals surface area contributed by atoms with Crippen molar-refractivity contribution in [3.8, 4) is 0 Å². The fourth-order valence-corrected chi connectivity index (χ4v) is 2.27. The number of anilines is 1. The molecular weight excluding hydrogens is 226 g/mol. The van der Waals surface area contributed by atoms with Crippen LogP contribution in [0.1, 0.15) is 30.3 Å². The minimum Gasteiger partial charge on any atom is -0.399 e. The number of aromatic nitrogens is 1. The van der Waals surface area contributed by atoms with Crippen LogP contribution in [0.4, 0.5) is 5.69 Å². The molecule has 1 atom stereocenters. The summed E-state index contributed by atoms with van der Waals surface area (Å²) >= 11 is 0. The third-order valence-corrected chi connectivity index (χ3v) is 3.58. The van der Waals surface area contributed by atoms with Crippen LogP contribution in [0.2, 0.25) is 0 Å². The van der Waals surface area contributed by atoms with Gasteiger partial charge in [0, 0.05) is 22.6 Å². The van der Waals surface area contributed by atoms with Crippen molar-refractivity contribution in [1.82, 2.24) is 10.3 Å². The van der Waals surface area contributed by atoms with Crippen LogP contribution in [0.5, 0.6) is 0 Å². The van der Waals surface area contributed by atoms with Gasteiger partial charge < -0.3 is 16.0 Å². The molecule has 0 bridgehead atoms. The van der Waals surface area contributed by atoms with Crippen LogP contribution in [0.25, 0.3) is 10.9 Å². The summed E-state index contributed by atoms with van der Waals surface area (Å²) in [7, 11) is 0. The van der Waals surface area contributed by atoms with Gasteiger partial charge in [0.15, 0.2) is 0 Å².